The van der Waals surface area contributed by atoms with E-state index < -0.39 is 10.0 Å². The number of benzene rings is 1. The van der Waals surface area contributed by atoms with Crippen LogP contribution in [-0.2, 0) is 10.0 Å². The van der Waals surface area contributed by atoms with E-state index >= 15 is 0 Å². The lowest BCUT2D eigenvalue weighted by Crippen LogP contribution is -2.24. The molecule has 0 saturated heterocycles. The van der Waals surface area contributed by atoms with Gasteiger partial charge in [-0.2, -0.15) is 0 Å². The Morgan fingerprint density at radius 1 is 1.44 bits per heavy atom. The summed E-state index contributed by atoms with van der Waals surface area (Å²) in [6.45, 7) is 4.04. The second-order valence-electron chi connectivity index (χ2n) is 4.04. The second-order valence-corrected chi connectivity index (χ2v) is 5.77. The summed E-state index contributed by atoms with van der Waals surface area (Å²) in [7, 11) is -2.09. The molecule has 0 bridgehead atoms. The lowest BCUT2D eigenvalue weighted by molar-refractivity contribution is 0.414. The Hall–Kier alpha value is -1.53. The average Bonchev–Trinajstić information content (AvgIpc) is 2.27. The Kier molecular flexibility index (Phi) is 4.75. The topological polar surface area (TPSA) is 81.4 Å². The van der Waals surface area contributed by atoms with Crippen LogP contribution in [0.1, 0.15) is 13.8 Å². The number of hydrogen-bond acceptors (Lipinski definition) is 4. The fourth-order valence-electron chi connectivity index (χ4n) is 1.33. The van der Waals surface area contributed by atoms with Gasteiger partial charge in [0.25, 0.3) is 0 Å². The monoisotopic (exact) mass is 270 g/mol. The Labute approximate surface area is 108 Å². The summed E-state index contributed by atoms with van der Waals surface area (Å²) in [6.07, 6.45) is 1.79. The molecule has 18 heavy (non-hydrogen) atoms. The molecule has 0 radical (unpaired) electrons. The van der Waals surface area contributed by atoms with Crippen LogP contribution in [0.5, 0.6) is 5.75 Å². The predicted molar refractivity (Wildman–Crippen MR) is 72.0 cm³/mol. The van der Waals surface area contributed by atoms with Gasteiger partial charge in [-0.1, -0.05) is 11.6 Å². The number of nitrogens with one attached hydrogen (secondary N) is 1. The molecule has 3 N–H and O–H groups in total. The van der Waals surface area contributed by atoms with Crippen molar-refractivity contribution >= 4 is 15.7 Å². The number of ether oxygens (including phenoxy) is 1. The molecule has 0 aliphatic carbocycles. The fourth-order valence-corrected chi connectivity index (χ4v) is 2.41. The molecule has 6 heteroatoms. The van der Waals surface area contributed by atoms with Crippen LogP contribution >= 0.6 is 0 Å². The van der Waals surface area contributed by atoms with Gasteiger partial charge in [-0.3, -0.25) is 0 Å². The molecule has 100 valence electrons. The molecule has 0 unspecified atom stereocenters. The summed E-state index contributed by atoms with van der Waals surface area (Å²) < 4.78 is 31.4. The van der Waals surface area contributed by atoms with Gasteiger partial charge in [-0.05, 0) is 26.0 Å². The van der Waals surface area contributed by atoms with Gasteiger partial charge in [0, 0.05) is 12.6 Å². The third kappa shape index (κ3) is 3.75. The summed E-state index contributed by atoms with van der Waals surface area (Å²) in [5.41, 5.74) is 6.91. The van der Waals surface area contributed by atoms with Gasteiger partial charge in [0.05, 0.1) is 12.8 Å². The fraction of sp³-hybridized carbons (Fsp3) is 0.333. The van der Waals surface area contributed by atoms with Gasteiger partial charge in [0.2, 0.25) is 10.0 Å². The zero-order valence-corrected chi connectivity index (χ0v) is 11.5. The minimum atomic E-state index is -3.59. The molecular weight excluding hydrogens is 252 g/mol. The summed E-state index contributed by atoms with van der Waals surface area (Å²) in [5.74, 6) is 0.524. The molecule has 0 fully saturated rings. The highest BCUT2D eigenvalue weighted by Crippen LogP contribution is 2.23. The first-order valence-electron chi connectivity index (χ1n) is 5.43. The lowest BCUT2D eigenvalue weighted by Gasteiger charge is -2.09. The summed E-state index contributed by atoms with van der Waals surface area (Å²) in [6, 6.07) is 4.47. The van der Waals surface area contributed by atoms with E-state index in [1.54, 1.807) is 12.1 Å². The van der Waals surface area contributed by atoms with Crippen molar-refractivity contribution in [1.29, 1.82) is 0 Å². The van der Waals surface area contributed by atoms with Crippen LogP contribution in [0.2, 0.25) is 0 Å². The number of nitrogens with two attached hydrogens (primary N) is 1. The van der Waals surface area contributed by atoms with Crippen LogP contribution in [0, 0.1) is 0 Å². The summed E-state index contributed by atoms with van der Waals surface area (Å²) in [4.78, 5) is 0.0606. The lowest BCUT2D eigenvalue weighted by atomic mass is 10.3. The van der Waals surface area contributed by atoms with Gasteiger partial charge in [0.1, 0.15) is 10.6 Å². The smallest absolute Gasteiger partial charge is 0.242 e. The summed E-state index contributed by atoms with van der Waals surface area (Å²) in [5, 5.41) is 0. The summed E-state index contributed by atoms with van der Waals surface area (Å²) >= 11 is 0. The van der Waals surface area contributed by atoms with E-state index in [2.05, 4.69) is 4.72 Å². The Bertz CT molecular complexity index is 546. The Balaban J connectivity index is 2.95. The zero-order valence-electron chi connectivity index (χ0n) is 10.7. The molecule has 0 atom stereocenters. The first-order chi connectivity index (χ1) is 8.36. The molecule has 1 aromatic carbocycles. The van der Waals surface area contributed by atoms with Crippen LogP contribution in [0.3, 0.4) is 0 Å². The first kappa shape index (κ1) is 14.5. The van der Waals surface area contributed by atoms with E-state index in [-0.39, 0.29) is 17.1 Å². The number of anilines is 1. The number of sulfonamides is 1. The molecule has 0 saturated carbocycles. The van der Waals surface area contributed by atoms with Gasteiger partial charge in [0.15, 0.2) is 0 Å². The molecule has 0 aliphatic heterocycles. The molecule has 0 spiro atoms. The number of allylic oxidation sites excluding steroid dienone is 1. The largest absolute Gasteiger partial charge is 0.497 e. The maximum atomic E-state index is 12.0. The Morgan fingerprint density at radius 2 is 2.11 bits per heavy atom. The predicted octanol–water partition coefficient (Wildman–Crippen LogP) is 1.52. The van der Waals surface area contributed by atoms with Crippen molar-refractivity contribution in [2.45, 2.75) is 18.7 Å². The van der Waals surface area contributed by atoms with Crippen molar-refractivity contribution in [3.8, 4) is 5.75 Å². The second kappa shape index (κ2) is 5.88. The molecule has 0 heterocycles. The number of rotatable bonds is 5. The van der Waals surface area contributed by atoms with Crippen molar-refractivity contribution in [2.24, 2.45) is 0 Å². The minimum Gasteiger partial charge on any atom is -0.497 e. The highest BCUT2D eigenvalue weighted by molar-refractivity contribution is 7.89. The van der Waals surface area contributed by atoms with Crippen molar-refractivity contribution in [1.82, 2.24) is 4.72 Å². The Morgan fingerprint density at radius 3 is 2.61 bits per heavy atom. The van der Waals surface area contributed by atoms with Gasteiger partial charge in [-0.15, -0.1) is 0 Å². The number of methoxy groups -OCH3 is 1. The van der Waals surface area contributed by atoms with Crippen LogP contribution in [-0.4, -0.2) is 22.1 Å². The van der Waals surface area contributed by atoms with Gasteiger partial charge >= 0.3 is 0 Å². The first-order valence-corrected chi connectivity index (χ1v) is 6.91. The minimum absolute atomic E-state index is 0.0606. The van der Waals surface area contributed by atoms with E-state index in [4.69, 9.17) is 10.5 Å². The number of nitrogen functional groups attached to an aromatic ring is 1. The molecule has 1 rings (SSSR count). The molecular formula is C12H18N2O3S. The van der Waals surface area contributed by atoms with Crippen LogP contribution < -0.4 is 15.2 Å². The van der Waals surface area contributed by atoms with Crippen LogP contribution in [0.15, 0.2) is 34.7 Å². The number of hydrogen-bond donors (Lipinski definition) is 2. The van der Waals surface area contributed by atoms with Gasteiger partial charge < -0.3 is 10.5 Å². The van der Waals surface area contributed by atoms with Crippen molar-refractivity contribution in [2.75, 3.05) is 19.4 Å². The third-order valence-corrected chi connectivity index (χ3v) is 3.79. The van der Waals surface area contributed by atoms with E-state index in [0.29, 0.717) is 5.75 Å². The quantitative estimate of drug-likeness (QED) is 0.628. The van der Waals surface area contributed by atoms with E-state index in [9.17, 15) is 8.42 Å². The van der Waals surface area contributed by atoms with E-state index in [1.807, 2.05) is 13.8 Å². The highest BCUT2D eigenvalue weighted by Gasteiger charge is 2.16. The normalized spacial score (nSPS) is 11.1. The standard InChI is InChI=1S/C12H18N2O3S/c1-9(2)6-7-14-18(15,16)12-5-4-10(17-3)8-11(12)13/h4-6,8,14H,7,13H2,1-3H3. The third-order valence-electron chi connectivity index (χ3n) is 2.29. The van der Waals surface area contributed by atoms with Gasteiger partial charge in [-0.25, -0.2) is 13.1 Å². The molecule has 0 aromatic heterocycles. The van der Waals surface area contributed by atoms with Crippen molar-refractivity contribution in [3.05, 3.63) is 29.8 Å². The SMILES string of the molecule is COc1ccc(S(=O)(=O)NCC=C(C)C)c(N)c1. The van der Waals surface area contributed by atoms with Crippen LogP contribution in [0.4, 0.5) is 5.69 Å². The average molecular weight is 270 g/mol. The zero-order chi connectivity index (χ0) is 13.8. The van der Waals surface area contributed by atoms with Crippen LogP contribution in [0.25, 0.3) is 0 Å². The molecule has 0 aliphatic rings. The molecule has 1 aromatic rings. The van der Waals surface area contributed by atoms with Crippen molar-refractivity contribution in [3.63, 3.8) is 0 Å². The van der Waals surface area contributed by atoms with E-state index in [0.717, 1.165) is 5.57 Å². The van der Waals surface area contributed by atoms with E-state index in [1.165, 1.54) is 19.2 Å². The maximum Gasteiger partial charge on any atom is 0.242 e. The highest BCUT2D eigenvalue weighted by atomic mass is 32.2. The molecule has 5 nitrogen and oxygen atoms in total. The van der Waals surface area contributed by atoms with Crippen molar-refractivity contribution < 1.29 is 13.2 Å². The molecule has 0 amide bonds. The maximum absolute atomic E-state index is 12.0.